The Morgan fingerprint density at radius 2 is 1.95 bits per heavy atom. The maximum absolute atomic E-state index is 12.0. The van der Waals surface area contributed by atoms with Crippen LogP contribution in [0.3, 0.4) is 0 Å². The van der Waals surface area contributed by atoms with Crippen molar-refractivity contribution >= 4 is 21.4 Å². The molecule has 0 atom stereocenters. The standard InChI is InChI=1S/C14H14N2O3S/c1-2-20(18,19)13-8-4-3-7-12(13)16-14(17)11-6-5-9-15-10-11/h3-10H,2H2,1H3,(H,16,17). The van der Waals surface area contributed by atoms with Crippen molar-refractivity contribution in [2.45, 2.75) is 11.8 Å². The summed E-state index contributed by atoms with van der Waals surface area (Å²) in [7, 11) is -3.39. The minimum Gasteiger partial charge on any atom is -0.321 e. The molecular formula is C14H14N2O3S. The lowest BCUT2D eigenvalue weighted by Gasteiger charge is -2.10. The lowest BCUT2D eigenvalue weighted by Crippen LogP contribution is -2.15. The van der Waals surface area contributed by atoms with E-state index in [1.807, 2.05) is 0 Å². The van der Waals surface area contributed by atoms with E-state index in [1.165, 1.54) is 12.3 Å². The summed E-state index contributed by atoms with van der Waals surface area (Å²) >= 11 is 0. The van der Waals surface area contributed by atoms with E-state index in [-0.39, 0.29) is 16.3 Å². The fraction of sp³-hybridized carbons (Fsp3) is 0.143. The number of para-hydroxylation sites is 1. The number of benzene rings is 1. The highest BCUT2D eigenvalue weighted by Crippen LogP contribution is 2.22. The Morgan fingerprint density at radius 1 is 1.20 bits per heavy atom. The number of hydrogen-bond acceptors (Lipinski definition) is 4. The maximum atomic E-state index is 12.0. The molecule has 6 heteroatoms. The van der Waals surface area contributed by atoms with Crippen LogP contribution >= 0.6 is 0 Å². The number of amides is 1. The quantitative estimate of drug-likeness (QED) is 0.935. The van der Waals surface area contributed by atoms with Gasteiger partial charge >= 0.3 is 0 Å². The van der Waals surface area contributed by atoms with E-state index < -0.39 is 15.7 Å². The van der Waals surface area contributed by atoms with Gasteiger partial charge < -0.3 is 5.32 Å². The molecule has 1 heterocycles. The summed E-state index contributed by atoms with van der Waals surface area (Å²) in [4.78, 5) is 16.0. The molecule has 0 saturated carbocycles. The van der Waals surface area contributed by atoms with Gasteiger partial charge in [-0.1, -0.05) is 19.1 Å². The molecule has 0 aliphatic rings. The van der Waals surface area contributed by atoms with Crippen LogP contribution in [0, 0.1) is 0 Å². The molecule has 0 spiro atoms. The molecular weight excluding hydrogens is 276 g/mol. The number of pyridine rings is 1. The number of nitrogens with one attached hydrogen (secondary N) is 1. The average molecular weight is 290 g/mol. The predicted octanol–water partition coefficient (Wildman–Crippen LogP) is 2.13. The first-order valence-corrected chi connectivity index (χ1v) is 7.73. The second-order valence-electron chi connectivity index (χ2n) is 4.10. The third-order valence-corrected chi connectivity index (χ3v) is 4.56. The Morgan fingerprint density at radius 3 is 2.60 bits per heavy atom. The van der Waals surface area contributed by atoms with Gasteiger partial charge in [0.15, 0.2) is 9.84 Å². The van der Waals surface area contributed by atoms with Crippen molar-refractivity contribution in [1.29, 1.82) is 0 Å². The Labute approximate surface area is 117 Å². The van der Waals surface area contributed by atoms with Gasteiger partial charge in [0.05, 0.1) is 21.9 Å². The topological polar surface area (TPSA) is 76.1 Å². The van der Waals surface area contributed by atoms with Crippen LogP contribution in [0.2, 0.25) is 0 Å². The van der Waals surface area contributed by atoms with Gasteiger partial charge in [0.1, 0.15) is 0 Å². The van der Waals surface area contributed by atoms with E-state index >= 15 is 0 Å². The summed E-state index contributed by atoms with van der Waals surface area (Å²) in [6, 6.07) is 9.60. The fourth-order valence-electron chi connectivity index (χ4n) is 1.69. The Bertz CT molecular complexity index is 712. The van der Waals surface area contributed by atoms with Crippen molar-refractivity contribution in [3.63, 3.8) is 0 Å². The minimum atomic E-state index is -3.39. The number of nitrogens with zero attached hydrogens (tertiary/aromatic N) is 1. The molecule has 1 aromatic carbocycles. The predicted molar refractivity (Wildman–Crippen MR) is 76.4 cm³/mol. The van der Waals surface area contributed by atoms with Gasteiger partial charge in [0.25, 0.3) is 5.91 Å². The van der Waals surface area contributed by atoms with Crippen molar-refractivity contribution in [2.75, 3.05) is 11.1 Å². The van der Waals surface area contributed by atoms with Crippen LogP contribution in [0.25, 0.3) is 0 Å². The molecule has 0 saturated heterocycles. The molecule has 1 aromatic heterocycles. The molecule has 0 bridgehead atoms. The molecule has 0 radical (unpaired) electrons. The minimum absolute atomic E-state index is 0.0211. The van der Waals surface area contributed by atoms with Crippen LogP contribution in [-0.4, -0.2) is 25.1 Å². The maximum Gasteiger partial charge on any atom is 0.257 e. The van der Waals surface area contributed by atoms with Crippen molar-refractivity contribution in [3.05, 3.63) is 54.4 Å². The number of rotatable bonds is 4. The highest BCUT2D eigenvalue weighted by Gasteiger charge is 2.17. The zero-order valence-corrected chi connectivity index (χ0v) is 11.7. The zero-order valence-electron chi connectivity index (χ0n) is 10.9. The van der Waals surface area contributed by atoms with Crippen LogP contribution in [-0.2, 0) is 9.84 Å². The molecule has 2 aromatic rings. The van der Waals surface area contributed by atoms with E-state index in [2.05, 4.69) is 10.3 Å². The van der Waals surface area contributed by atoms with E-state index in [0.29, 0.717) is 5.56 Å². The molecule has 0 aliphatic carbocycles. The average Bonchev–Trinajstić information content (AvgIpc) is 2.48. The van der Waals surface area contributed by atoms with Gasteiger partial charge in [-0.2, -0.15) is 0 Å². The van der Waals surface area contributed by atoms with Crippen LogP contribution in [0.15, 0.2) is 53.7 Å². The molecule has 104 valence electrons. The highest BCUT2D eigenvalue weighted by molar-refractivity contribution is 7.91. The Kier molecular flexibility index (Phi) is 4.14. The van der Waals surface area contributed by atoms with Crippen LogP contribution in [0.1, 0.15) is 17.3 Å². The molecule has 5 nitrogen and oxygen atoms in total. The lowest BCUT2D eigenvalue weighted by atomic mass is 10.2. The van der Waals surface area contributed by atoms with Crippen molar-refractivity contribution < 1.29 is 13.2 Å². The summed E-state index contributed by atoms with van der Waals surface area (Å²) in [6.07, 6.45) is 2.98. The Balaban J connectivity index is 2.34. The first-order chi connectivity index (χ1) is 9.54. The van der Waals surface area contributed by atoms with E-state index in [1.54, 1.807) is 43.5 Å². The van der Waals surface area contributed by atoms with Crippen LogP contribution in [0.5, 0.6) is 0 Å². The van der Waals surface area contributed by atoms with Gasteiger partial charge in [-0.05, 0) is 24.3 Å². The monoisotopic (exact) mass is 290 g/mol. The van der Waals surface area contributed by atoms with Crippen molar-refractivity contribution in [2.24, 2.45) is 0 Å². The smallest absolute Gasteiger partial charge is 0.257 e. The van der Waals surface area contributed by atoms with E-state index in [4.69, 9.17) is 0 Å². The second-order valence-corrected chi connectivity index (χ2v) is 6.34. The summed E-state index contributed by atoms with van der Waals surface area (Å²) in [5.74, 6) is -0.413. The van der Waals surface area contributed by atoms with Gasteiger partial charge in [-0.25, -0.2) is 8.42 Å². The molecule has 1 amide bonds. The molecule has 0 fully saturated rings. The van der Waals surface area contributed by atoms with Gasteiger partial charge in [-0.3, -0.25) is 9.78 Å². The number of anilines is 1. The van der Waals surface area contributed by atoms with E-state index in [9.17, 15) is 13.2 Å². The normalized spacial score (nSPS) is 11.1. The fourth-order valence-corrected chi connectivity index (χ4v) is 2.74. The third-order valence-electron chi connectivity index (χ3n) is 2.77. The first-order valence-electron chi connectivity index (χ1n) is 6.08. The lowest BCUT2D eigenvalue weighted by molar-refractivity contribution is 0.102. The number of carbonyl (C=O) groups excluding carboxylic acids is 1. The van der Waals surface area contributed by atoms with Gasteiger partial charge in [0.2, 0.25) is 0 Å². The zero-order chi connectivity index (χ0) is 14.6. The van der Waals surface area contributed by atoms with Gasteiger partial charge in [0, 0.05) is 12.4 Å². The van der Waals surface area contributed by atoms with Crippen molar-refractivity contribution in [1.82, 2.24) is 4.98 Å². The van der Waals surface area contributed by atoms with E-state index in [0.717, 1.165) is 0 Å². The van der Waals surface area contributed by atoms with Crippen LogP contribution in [0.4, 0.5) is 5.69 Å². The highest BCUT2D eigenvalue weighted by atomic mass is 32.2. The molecule has 1 N–H and O–H groups in total. The molecule has 0 unspecified atom stereocenters. The summed E-state index contributed by atoms with van der Waals surface area (Å²) in [6.45, 7) is 1.56. The second kappa shape index (κ2) is 5.83. The van der Waals surface area contributed by atoms with Crippen molar-refractivity contribution in [3.8, 4) is 0 Å². The number of sulfone groups is 1. The largest absolute Gasteiger partial charge is 0.321 e. The Hall–Kier alpha value is -2.21. The molecule has 2 rings (SSSR count). The summed E-state index contributed by atoms with van der Waals surface area (Å²) < 4.78 is 24.0. The third kappa shape index (κ3) is 3.03. The van der Waals surface area contributed by atoms with Gasteiger partial charge in [-0.15, -0.1) is 0 Å². The molecule has 0 aliphatic heterocycles. The molecule has 20 heavy (non-hydrogen) atoms. The number of hydrogen-bond donors (Lipinski definition) is 1. The summed E-state index contributed by atoms with van der Waals surface area (Å²) in [5.41, 5.74) is 0.652. The van der Waals surface area contributed by atoms with Crippen LogP contribution < -0.4 is 5.32 Å². The number of carbonyl (C=O) groups is 1. The first kappa shape index (κ1) is 14.2. The summed E-state index contributed by atoms with van der Waals surface area (Å²) in [5, 5.41) is 2.61. The number of aromatic nitrogens is 1. The SMILES string of the molecule is CCS(=O)(=O)c1ccccc1NC(=O)c1cccnc1.